The summed E-state index contributed by atoms with van der Waals surface area (Å²) in [5, 5.41) is 1.41. The van der Waals surface area contributed by atoms with Gasteiger partial charge in [-0.1, -0.05) is 31.2 Å². The Hall–Kier alpha value is -0.873. The second kappa shape index (κ2) is 3.07. The van der Waals surface area contributed by atoms with Gasteiger partial charge in [-0.25, -0.2) is 9.97 Å². The van der Waals surface area contributed by atoms with E-state index in [0.29, 0.717) is 10.9 Å². The molecular formula is C9H11ClN2OSi. The molecule has 0 radical (unpaired) electrons. The lowest BCUT2D eigenvalue weighted by atomic mass is 10.5. The second-order valence-corrected chi connectivity index (χ2v) is 9.62. The zero-order valence-electron chi connectivity index (χ0n) is 8.34. The van der Waals surface area contributed by atoms with Crippen LogP contribution in [-0.2, 0) is 0 Å². The minimum Gasteiger partial charge on any atom is -0.447 e. The van der Waals surface area contributed by atoms with Gasteiger partial charge in [0.15, 0.2) is 0 Å². The Morgan fingerprint density at radius 2 is 2.07 bits per heavy atom. The first kappa shape index (κ1) is 9.67. The molecule has 2 aromatic rings. The number of nitrogens with zero attached hydrogens (tertiary/aromatic N) is 2. The molecule has 3 nitrogen and oxygen atoms in total. The molecule has 0 aliphatic carbocycles. The van der Waals surface area contributed by atoms with E-state index in [1.54, 1.807) is 0 Å². The average molecular weight is 227 g/mol. The van der Waals surface area contributed by atoms with Crippen molar-refractivity contribution in [3.63, 3.8) is 0 Å². The van der Waals surface area contributed by atoms with E-state index in [4.69, 9.17) is 16.0 Å². The Kier molecular flexibility index (Phi) is 2.12. The third-order valence-corrected chi connectivity index (χ3v) is 3.86. The number of furan rings is 1. The first-order valence-electron chi connectivity index (χ1n) is 4.39. The zero-order chi connectivity index (χ0) is 10.3. The van der Waals surface area contributed by atoms with E-state index >= 15 is 0 Å². The Morgan fingerprint density at radius 1 is 1.36 bits per heavy atom. The van der Waals surface area contributed by atoms with E-state index in [1.807, 2.05) is 6.07 Å². The van der Waals surface area contributed by atoms with Crippen molar-refractivity contribution in [2.24, 2.45) is 0 Å². The predicted octanol–water partition coefficient (Wildman–Crippen LogP) is 2.42. The second-order valence-electron chi connectivity index (χ2n) is 4.24. The molecule has 0 bridgehead atoms. The first-order chi connectivity index (χ1) is 6.47. The molecule has 2 heterocycles. The number of hydrogen-bond donors (Lipinski definition) is 0. The van der Waals surface area contributed by atoms with Gasteiger partial charge in [0, 0.05) is 6.07 Å². The number of rotatable bonds is 1. The topological polar surface area (TPSA) is 38.9 Å². The van der Waals surface area contributed by atoms with E-state index in [1.165, 1.54) is 6.20 Å². The summed E-state index contributed by atoms with van der Waals surface area (Å²) < 4.78 is 5.62. The van der Waals surface area contributed by atoms with Gasteiger partial charge >= 0.3 is 0 Å². The van der Waals surface area contributed by atoms with Crippen LogP contribution in [0.5, 0.6) is 0 Å². The molecule has 5 heteroatoms. The summed E-state index contributed by atoms with van der Waals surface area (Å²) in [7, 11) is -1.42. The van der Waals surface area contributed by atoms with E-state index < -0.39 is 8.07 Å². The van der Waals surface area contributed by atoms with Crippen molar-refractivity contribution in [1.29, 1.82) is 0 Å². The fourth-order valence-corrected chi connectivity index (χ4v) is 2.28. The Morgan fingerprint density at radius 3 is 2.71 bits per heavy atom. The molecule has 0 atom stereocenters. The predicted molar refractivity (Wildman–Crippen MR) is 59.8 cm³/mol. The monoisotopic (exact) mass is 226 g/mol. The SMILES string of the molecule is C[Si](C)(C)c1cc2nc(Cl)cnc2o1. The summed E-state index contributed by atoms with van der Waals surface area (Å²) in [5.74, 6) is 0. The standard InChI is InChI=1S/C9H11ClN2OSi/c1-14(2,3)8-4-6-9(13-8)11-5-7(10)12-6/h4-5H,1-3H3. The number of hydrogen-bond acceptors (Lipinski definition) is 3. The van der Waals surface area contributed by atoms with Gasteiger partial charge in [-0.05, 0) is 0 Å². The van der Waals surface area contributed by atoms with Crippen LogP contribution in [0.3, 0.4) is 0 Å². The highest BCUT2D eigenvalue weighted by Crippen LogP contribution is 2.14. The van der Waals surface area contributed by atoms with Crippen molar-refractivity contribution < 1.29 is 4.42 Å². The molecule has 0 fully saturated rings. The maximum atomic E-state index is 5.74. The van der Waals surface area contributed by atoms with E-state index in [0.717, 1.165) is 10.9 Å². The third kappa shape index (κ3) is 1.67. The summed E-state index contributed by atoms with van der Waals surface area (Å²) in [6, 6.07) is 1.94. The number of halogens is 1. The molecule has 0 saturated carbocycles. The highest BCUT2D eigenvalue weighted by molar-refractivity contribution is 6.87. The summed E-state index contributed by atoms with van der Waals surface area (Å²) in [6.45, 7) is 6.64. The molecule has 0 amide bonds. The van der Waals surface area contributed by atoms with Crippen LogP contribution in [0.25, 0.3) is 11.2 Å². The van der Waals surface area contributed by atoms with Crippen LogP contribution in [0.1, 0.15) is 0 Å². The molecule has 0 N–H and O–H groups in total. The quantitative estimate of drug-likeness (QED) is 0.701. The van der Waals surface area contributed by atoms with Gasteiger partial charge < -0.3 is 4.42 Å². The van der Waals surface area contributed by atoms with E-state index in [9.17, 15) is 0 Å². The van der Waals surface area contributed by atoms with Gasteiger partial charge in [-0.3, -0.25) is 0 Å². The van der Waals surface area contributed by atoms with Crippen LogP contribution in [-0.4, -0.2) is 18.0 Å². The van der Waals surface area contributed by atoms with Crippen molar-refractivity contribution in [2.45, 2.75) is 19.6 Å². The Balaban J connectivity index is 2.63. The highest BCUT2D eigenvalue weighted by atomic mass is 35.5. The fraction of sp³-hybridized carbons (Fsp3) is 0.333. The molecule has 0 saturated heterocycles. The molecule has 0 aromatic carbocycles. The summed E-state index contributed by atoms with van der Waals surface area (Å²) >= 11 is 5.74. The molecule has 2 aromatic heterocycles. The van der Waals surface area contributed by atoms with Gasteiger partial charge in [0.25, 0.3) is 0 Å². The smallest absolute Gasteiger partial charge is 0.244 e. The molecular weight excluding hydrogens is 216 g/mol. The lowest BCUT2D eigenvalue weighted by Crippen LogP contribution is -2.36. The molecule has 2 rings (SSSR count). The van der Waals surface area contributed by atoms with Crippen molar-refractivity contribution in [3.8, 4) is 0 Å². The van der Waals surface area contributed by atoms with Gasteiger partial charge in [0.05, 0.1) is 11.6 Å². The van der Waals surface area contributed by atoms with Crippen LogP contribution < -0.4 is 5.38 Å². The third-order valence-electron chi connectivity index (χ3n) is 1.95. The van der Waals surface area contributed by atoms with Crippen LogP contribution in [0, 0.1) is 0 Å². The van der Waals surface area contributed by atoms with Crippen LogP contribution in [0.4, 0.5) is 0 Å². The average Bonchev–Trinajstić information content (AvgIpc) is 2.45. The molecule has 0 unspecified atom stereocenters. The van der Waals surface area contributed by atoms with Gasteiger partial charge in [-0.15, -0.1) is 0 Å². The maximum absolute atomic E-state index is 5.74. The number of fused-ring (bicyclic) bond motifs is 1. The summed E-state index contributed by atoms with van der Waals surface area (Å²) in [4.78, 5) is 8.22. The minimum atomic E-state index is -1.42. The molecule has 74 valence electrons. The van der Waals surface area contributed by atoms with Crippen LogP contribution >= 0.6 is 11.6 Å². The lowest BCUT2D eigenvalue weighted by molar-refractivity contribution is 0.633. The molecule has 0 aliphatic heterocycles. The van der Waals surface area contributed by atoms with Crippen LogP contribution in [0.2, 0.25) is 24.8 Å². The number of aromatic nitrogens is 2. The molecule has 0 spiro atoms. The Bertz CT molecular complexity index is 475. The normalized spacial score (nSPS) is 12.3. The first-order valence-corrected chi connectivity index (χ1v) is 8.27. The van der Waals surface area contributed by atoms with Crippen molar-refractivity contribution >= 4 is 36.3 Å². The van der Waals surface area contributed by atoms with Crippen LogP contribution in [0.15, 0.2) is 16.7 Å². The summed E-state index contributed by atoms with van der Waals surface area (Å²) in [6.07, 6.45) is 1.50. The Labute approximate surface area is 88.1 Å². The molecule has 14 heavy (non-hydrogen) atoms. The largest absolute Gasteiger partial charge is 0.447 e. The summed E-state index contributed by atoms with van der Waals surface area (Å²) in [5.41, 5.74) is 1.32. The van der Waals surface area contributed by atoms with Gasteiger partial charge in [-0.2, -0.15) is 0 Å². The molecule has 0 aliphatic rings. The maximum Gasteiger partial charge on any atom is 0.244 e. The van der Waals surface area contributed by atoms with Crippen molar-refractivity contribution in [3.05, 3.63) is 17.4 Å². The highest BCUT2D eigenvalue weighted by Gasteiger charge is 2.22. The minimum absolute atomic E-state index is 0.403. The van der Waals surface area contributed by atoms with Gasteiger partial charge in [0.1, 0.15) is 18.7 Å². The van der Waals surface area contributed by atoms with Crippen molar-refractivity contribution in [1.82, 2.24) is 9.97 Å². The zero-order valence-corrected chi connectivity index (χ0v) is 10.1. The van der Waals surface area contributed by atoms with Gasteiger partial charge in [0.2, 0.25) is 5.71 Å². The van der Waals surface area contributed by atoms with Crippen molar-refractivity contribution in [2.75, 3.05) is 0 Å². The fourth-order valence-electron chi connectivity index (χ4n) is 1.17. The van der Waals surface area contributed by atoms with E-state index in [-0.39, 0.29) is 0 Å². The lowest BCUT2D eigenvalue weighted by Gasteiger charge is -2.09. The van der Waals surface area contributed by atoms with E-state index in [2.05, 4.69) is 29.6 Å².